The van der Waals surface area contributed by atoms with E-state index in [4.69, 9.17) is 0 Å². The zero-order valence-electron chi connectivity index (χ0n) is 12.1. The fraction of sp³-hybridized carbons (Fsp3) is 0.583. The van der Waals surface area contributed by atoms with Gasteiger partial charge in [-0.1, -0.05) is 0 Å². The summed E-state index contributed by atoms with van der Waals surface area (Å²) in [6.07, 6.45) is 2.92. The first-order valence-corrected chi connectivity index (χ1v) is 8.25. The van der Waals surface area contributed by atoms with Crippen LogP contribution in [0.2, 0.25) is 6.82 Å². The fourth-order valence-electron chi connectivity index (χ4n) is 2.55. The molecule has 2 heterocycles. The fourth-order valence-corrected chi connectivity index (χ4v) is 3.17. The minimum absolute atomic E-state index is 0.119. The first-order valence-electron chi connectivity index (χ1n) is 6.87. The van der Waals surface area contributed by atoms with E-state index in [2.05, 4.69) is 10.3 Å². The van der Waals surface area contributed by atoms with Crippen LogP contribution in [0, 0.1) is 6.92 Å². The second kappa shape index (κ2) is 6.29. The van der Waals surface area contributed by atoms with Gasteiger partial charge >= 0.3 is 17.3 Å². The number of piperidine rings is 1. The van der Waals surface area contributed by atoms with Gasteiger partial charge in [0, 0.05) is 12.6 Å². The summed E-state index contributed by atoms with van der Waals surface area (Å²) in [7, 11) is -5.23. The van der Waals surface area contributed by atoms with Gasteiger partial charge in [0.05, 0.1) is 6.20 Å². The van der Waals surface area contributed by atoms with Crippen LogP contribution >= 0.6 is 0 Å². The molecule has 1 aromatic heterocycles. The van der Waals surface area contributed by atoms with E-state index < -0.39 is 22.2 Å². The quantitative estimate of drug-likeness (QED) is 0.638. The lowest BCUT2D eigenvalue weighted by Gasteiger charge is -2.34. The standard InChI is InChI=1S/C12H19BFN3O3S/c1-9-6-12(15-7-11(9)21(14,19)20)16-10-4-3-5-17(8-10)13(2)18/h6-7,10,18H,3-5,8H2,1-2H3,(H,15,16)/t10-/m1/s1. The van der Waals surface area contributed by atoms with E-state index >= 15 is 0 Å². The summed E-state index contributed by atoms with van der Waals surface area (Å²) in [6, 6.07) is 1.64. The molecule has 0 aliphatic carbocycles. The monoisotopic (exact) mass is 315 g/mol. The molecule has 1 aliphatic heterocycles. The molecule has 1 saturated heterocycles. The molecule has 0 unspecified atom stereocenters. The largest absolute Gasteiger partial charge is 0.437 e. The predicted molar refractivity (Wildman–Crippen MR) is 79.3 cm³/mol. The van der Waals surface area contributed by atoms with Crippen molar-refractivity contribution in [3.63, 3.8) is 0 Å². The molecule has 1 atom stereocenters. The maximum Gasteiger partial charge on any atom is 0.376 e. The Labute approximate surface area is 124 Å². The van der Waals surface area contributed by atoms with E-state index in [1.54, 1.807) is 6.82 Å². The first kappa shape index (κ1) is 16.2. The number of hydrogen-bond acceptors (Lipinski definition) is 6. The number of halogens is 1. The summed E-state index contributed by atoms with van der Waals surface area (Å²) in [6.45, 7) is 4.79. The van der Waals surface area contributed by atoms with Crippen molar-refractivity contribution in [2.24, 2.45) is 0 Å². The molecule has 0 aromatic carbocycles. The van der Waals surface area contributed by atoms with Crippen LogP contribution in [0.25, 0.3) is 0 Å². The third-order valence-corrected chi connectivity index (χ3v) is 4.61. The van der Waals surface area contributed by atoms with Gasteiger partial charge in [-0.05, 0) is 44.8 Å². The third kappa shape index (κ3) is 4.15. The van der Waals surface area contributed by atoms with Crippen LogP contribution in [0.5, 0.6) is 0 Å². The Kier molecular flexibility index (Phi) is 4.85. The molecule has 21 heavy (non-hydrogen) atoms. The molecular formula is C12H19BFN3O3S. The smallest absolute Gasteiger partial charge is 0.376 e. The Balaban J connectivity index is 2.08. The normalized spacial score (nSPS) is 20.3. The van der Waals surface area contributed by atoms with Gasteiger partial charge in [0.15, 0.2) is 0 Å². The van der Waals surface area contributed by atoms with Gasteiger partial charge in [0.2, 0.25) is 0 Å². The summed E-state index contributed by atoms with van der Waals surface area (Å²) in [5, 5.41) is 12.8. The van der Waals surface area contributed by atoms with Crippen molar-refractivity contribution in [3.8, 4) is 0 Å². The van der Waals surface area contributed by atoms with Crippen molar-refractivity contribution in [1.82, 2.24) is 9.79 Å². The first-order chi connectivity index (χ1) is 9.77. The maximum absolute atomic E-state index is 13.0. The van der Waals surface area contributed by atoms with Crippen molar-refractivity contribution in [3.05, 3.63) is 17.8 Å². The van der Waals surface area contributed by atoms with Crippen LogP contribution in [0.1, 0.15) is 18.4 Å². The van der Waals surface area contributed by atoms with E-state index in [0.29, 0.717) is 17.9 Å². The van der Waals surface area contributed by atoms with E-state index in [-0.39, 0.29) is 6.04 Å². The molecular weight excluding hydrogens is 296 g/mol. The maximum atomic E-state index is 13.0. The van der Waals surface area contributed by atoms with E-state index in [0.717, 1.165) is 25.6 Å². The molecule has 0 bridgehead atoms. The zero-order valence-corrected chi connectivity index (χ0v) is 12.9. The highest BCUT2D eigenvalue weighted by Crippen LogP contribution is 2.21. The molecule has 9 heteroatoms. The number of hydrogen-bond donors (Lipinski definition) is 2. The Morgan fingerprint density at radius 1 is 1.57 bits per heavy atom. The number of nitrogens with one attached hydrogen (secondary N) is 1. The number of pyridine rings is 1. The lowest BCUT2D eigenvalue weighted by Crippen LogP contribution is -2.48. The van der Waals surface area contributed by atoms with E-state index in [1.165, 1.54) is 13.0 Å². The minimum atomic E-state index is -4.73. The van der Waals surface area contributed by atoms with Gasteiger partial charge in [-0.15, -0.1) is 3.89 Å². The number of rotatable bonds is 4. The van der Waals surface area contributed by atoms with Gasteiger partial charge in [-0.2, -0.15) is 8.42 Å². The average molecular weight is 315 g/mol. The highest BCUT2D eigenvalue weighted by Gasteiger charge is 2.25. The van der Waals surface area contributed by atoms with Crippen LogP contribution in [0.15, 0.2) is 17.2 Å². The highest BCUT2D eigenvalue weighted by atomic mass is 32.3. The van der Waals surface area contributed by atoms with Crippen LogP contribution in [0.4, 0.5) is 9.70 Å². The van der Waals surface area contributed by atoms with Crippen molar-refractivity contribution >= 4 is 23.1 Å². The molecule has 2 rings (SSSR count). The van der Waals surface area contributed by atoms with Crippen molar-refractivity contribution in [2.75, 3.05) is 18.4 Å². The molecule has 1 aliphatic rings. The molecule has 1 aromatic rings. The van der Waals surface area contributed by atoms with Crippen LogP contribution in [-0.4, -0.2) is 49.4 Å². The summed E-state index contributed by atoms with van der Waals surface area (Å²) >= 11 is 0. The van der Waals surface area contributed by atoms with Crippen LogP contribution in [0.3, 0.4) is 0 Å². The topological polar surface area (TPSA) is 82.5 Å². The van der Waals surface area contributed by atoms with Gasteiger partial charge in [0.25, 0.3) is 0 Å². The number of anilines is 1. The molecule has 0 spiro atoms. The van der Waals surface area contributed by atoms with Crippen molar-refractivity contribution in [2.45, 2.75) is 37.5 Å². The molecule has 1 fully saturated rings. The van der Waals surface area contributed by atoms with Gasteiger partial charge in [0.1, 0.15) is 10.7 Å². The minimum Gasteiger partial charge on any atom is -0.437 e. The third-order valence-electron chi connectivity index (χ3n) is 3.66. The van der Waals surface area contributed by atoms with Gasteiger partial charge in [-0.25, -0.2) is 4.98 Å². The lowest BCUT2D eigenvalue weighted by molar-refractivity contribution is 0.295. The molecule has 0 amide bonds. The summed E-state index contributed by atoms with van der Waals surface area (Å²) in [5.74, 6) is 0.511. The summed E-state index contributed by atoms with van der Waals surface area (Å²) < 4.78 is 34.8. The number of aromatic nitrogens is 1. The highest BCUT2D eigenvalue weighted by molar-refractivity contribution is 7.86. The lowest BCUT2D eigenvalue weighted by atomic mass is 9.82. The second-order valence-electron chi connectivity index (χ2n) is 5.38. The average Bonchev–Trinajstić information content (AvgIpc) is 2.37. The summed E-state index contributed by atoms with van der Waals surface area (Å²) in [4.78, 5) is 5.51. The Morgan fingerprint density at radius 3 is 2.86 bits per heavy atom. The molecule has 0 radical (unpaired) electrons. The zero-order chi connectivity index (χ0) is 15.6. The van der Waals surface area contributed by atoms with Crippen molar-refractivity contribution < 1.29 is 17.3 Å². The second-order valence-corrected chi connectivity index (χ2v) is 6.70. The summed E-state index contributed by atoms with van der Waals surface area (Å²) in [5.41, 5.74) is 0.318. The number of nitrogens with zero attached hydrogens (tertiary/aromatic N) is 2. The molecule has 2 N–H and O–H groups in total. The van der Waals surface area contributed by atoms with E-state index in [1.807, 2.05) is 4.81 Å². The Hall–Kier alpha value is -1.19. The van der Waals surface area contributed by atoms with Crippen LogP contribution in [-0.2, 0) is 10.2 Å². The number of aryl methyl sites for hydroxylation is 1. The SMILES string of the molecule is CB(O)N1CCC[C@@H](Nc2cc(C)c(S(=O)(=O)F)cn2)C1. The predicted octanol–water partition coefficient (Wildman–Crippen LogP) is 1.03. The molecule has 0 saturated carbocycles. The van der Waals surface area contributed by atoms with E-state index in [9.17, 15) is 17.3 Å². The van der Waals surface area contributed by atoms with Gasteiger partial charge < -0.3 is 15.2 Å². The molecule has 6 nitrogen and oxygen atoms in total. The Morgan fingerprint density at radius 2 is 2.29 bits per heavy atom. The Bertz CT molecular complexity index is 612. The molecule has 116 valence electrons. The van der Waals surface area contributed by atoms with Gasteiger partial charge in [-0.3, -0.25) is 0 Å². The van der Waals surface area contributed by atoms with Crippen LogP contribution < -0.4 is 5.32 Å². The van der Waals surface area contributed by atoms with Crippen molar-refractivity contribution in [1.29, 1.82) is 0 Å².